The Hall–Kier alpha value is -1.90. The number of rotatable bonds is 14. The van der Waals surface area contributed by atoms with Crippen LogP contribution in [-0.2, 0) is 65.6 Å². The third-order valence-corrected chi connectivity index (χ3v) is 6.74. The highest BCUT2D eigenvalue weighted by Crippen LogP contribution is 2.52. The second-order valence-corrected chi connectivity index (χ2v) is 9.99. The summed E-state index contributed by atoms with van der Waals surface area (Å²) in [5, 5.41) is -3.26. The zero-order valence-corrected chi connectivity index (χ0v) is 20.6. The Bertz CT molecular complexity index is 1120. The highest BCUT2D eigenvalue weighted by atomic mass is 32.2. The Morgan fingerprint density at radius 2 is 1.00 bits per heavy atom. The van der Waals surface area contributed by atoms with Gasteiger partial charge < -0.3 is 28.2 Å². The van der Waals surface area contributed by atoms with Crippen LogP contribution < -0.4 is 4.18 Å². The Labute approximate surface area is 201 Å². The lowest BCUT2D eigenvalue weighted by molar-refractivity contribution is -0.247. The predicted molar refractivity (Wildman–Crippen MR) is 107 cm³/mol. The molecule has 0 amide bonds. The molecule has 0 saturated heterocycles. The molecular weight excluding hydrogens is 558 g/mol. The lowest BCUT2D eigenvalue weighted by atomic mass is 9.96. The minimum atomic E-state index is -7.23. The van der Waals surface area contributed by atoms with Crippen LogP contribution in [0.25, 0.3) is 0 Å². The van der Waals surface area contributed by atoms with E-state index in [0.717, 1.165) is 28.4 Å². The third-order valence-electron chi connectivity index (χ3n) is 4.57. The van der Waals surface area contributed by atoms with Crippen LogP contribution in [0.3, 0.4) is 0 Å². The molecule has 0 radical (unpaired) electrons. The summed E-state index contributed by atoms with van der Waals surface area (Å²) in [6.45, 7) is -2.52. The quantitative estimate of drug-likeness (QED) is 0.189. The zero-order valence-electron chi connectivity index (χ0n) is 19.0. The van der Waals surface area contributed by atoms with Crippen LogP contribution in [0.15, 0.2) is 0 Å². The number of alkyl halides is 6. The molecule has 210 valence electrons. The van der Waals surface area contributed by atoms with Gasteiger partial charge in [-0.05, 0) is 0 Å². The van der Waals surface area contributed by atoms with Gasteiger partial charge >= 0.3 is 36.7 Å². The first-order valence-corrected chi connectivity index (χ1v) is 12.0. The molecule has 0 bridgehead atoms. The molecular formula is C17H22F6O11S2. The van der Waals surface area contributed by atoms with Crippen molar-refractivity contribution in [3.8, 4) is 11.5 Å². The van der Waals surface area contributed by atoms with Crippen molar-refractivity contribution in [1.29, 1.82) is 0 Å². The van der Waals surface area contributed by atoms with E-state index < -0.39 is 85.7 Å². The van der Waals surface area contributed by atoms with Crippen molar-refractivity contribution in [1.82, 2.24) is 0 Å². The fourth-order valence-electron chi connectivity index (χ4n) is 2.87. The van der Waals surface area contributed by atoms with Crippen molar-refractivity contribution in [2.75, 3.05) is 28.4 Å². The molecule has 0 aliphatic rings. The molecule has 0 atom stereocenters. The Morgan fingerprint density at radius 1 is 0.667 bits per heavy atom. The zero-order chi connectivity index (χ0) is 28.3. The smallest absolute Gasteiger partial charge is 0.450 e. The summed E-state index contributed by atoms with van der Waals surface area (Å²) in [4.78, 5) is 0. The Balaban J connectivity index is 4.02. The molecule has 0 heterocycles. The molecule has 0 fully saturated rings. The monoisotopic (exact) mass is 580 g/mol. The van der Waals surface area contributed by atoms with E-state index in [2.05, 4.69) is 4.18 Å². The minimum absolute atomic E-state index is 0.338. The maximum atomic E-state index is 14.4. The Kier molecular flexibility index (Phi) is 10.0. The second-order valence-electron chi connectivity index (χ2n) is 6.94. The van der Waals surface area contributed by atoms with Crippen molar-refractivity contribution in [3.63, 3.8) is 0 Å². The van der Waals surface area contributed by atoms with E-state index in [9.17, 15) is 48.3 Å². The molecule has 0 aromatic heterocycles. The van der Waals surface area contributed by atoms with Crippen molar-refractivity contribution in [2.24, 2.45) is 0 Å². The van der Waals surface area contributed by atoms with E-state index >= 15 is 0 Å². The van der Waals surface area contributed by atoms with Crippen molar-refractivity contribution >= 4 is 20.2 Å². The van der Waals surface area contributed by atoms with Gasteiger partial charge in [0.15, 0.2) is 5.75 Å². The summed E-state index contributed by atoms with van der Waals surface area (Å²) >= 11 is 0. The molecule has 0 saturated carbocycles. The summed E-state index contributed by atoms with van der Waals surface area (Å²) in [6.07, 6.45) is 0. The summed E-state index contributed by atoms with van der Waals surface area (Å²) in [5.41, 5.74) is -1.77. The summed E-state index contributed by atoms with van der Waals surface area (Å²) < 4.78 is 162. The first kappa shape index (κ1) is 32.1. The molecule has 36 heavy (non-hydrogen) atoms. The summed E-state index contributed by atoms with van der Waals surface area (Å²) in [5.74, 6) is -9.05. The van der Waals surface area contributed by atoms with E-state index in [0.29, 0.717) is 0 Å². The van der Waals surface area contributed by atoms with Crippen molar-refractivity contribution in [3.05, 3.63) is 22.3 Å². The maximum Gasteiger partial charge on any atom is 0.450 e. The number of benzene rings is 1. The second kappa shape index (κ2) is 11.2. The first-order chi connectivity index (χ1) is 16.3. The molecule has 1 aromatic carbocycles. The van der Waals surface area contributed by atoms with E-state index in [-0.39, 0.29) is 11.1 Å². The summed E-state index contributed by atoms with van der Waals surface area (Å²) in [7, 11) is -10.1. The molecule has 0 aliphatic heterocycles. The van der Waals surface area contributed by atoms with Crippen LogP contribution in [0.2, 0.25) is 0 Å². The van der Waals surface area contributed by atoms with Gasteiger partial charge in [-0.2, -0.15) is 43.2 Å². The van der Waals surface area contributed by atoms with E-state index in [1.807, 2.05) is 0 Å². The van der Waals surface area contributed by atoms with Gasteiger partial charge in [0.25, 0.3) is 0 Å². The van der Waals surface area contributed by atoms with Gasteiger partial charge in [-0.3, -0.25) is 4.55 Å². The fraction of sp³-hybridized carbons (Fsp3) is 0.647. The highest BCUT2D eigenvalue weighted by Gasteiger charge is 2.83. The Morgan fingerprint density at radius 3 is 1.31 bits per heavy atom. The molecule has 0 unspecified atom stereocenters. The summed E-state index contributed by atoms with van der Waals surface area (Å²) in [6, 6.07) is 0. The lowest BCUT2D eigenvalue weighted by Crippen LogP contribution is -2.61. The van der Waals surface area contributed by atoms with Gasteiger partial charge in [-0.25, -0.2) is 0 Å². The number of ether oxygens (including phenoxy) is 4. The lowest BCUT2D eigenvalue weighted by Gasteiger charge is -2.30. The third kappa shape index (κ3) is 5.50. The largest absolute Gasteiger partial charge is 0.507 e. The molecule has 1 rings (SSSR count). The number of aromatic hydroxyl groups is 1. The highest BCUT2D eigenvalue weighted by molar-refractivity contribution is 7.88. The van der Waals surface area contributed by atoms with Gasteiger partial charge in [0.05, 0.1) is 26.4 Å². The SMILES string of the molecule is COCc1c(O)c(COC)c(COC)c(OS(=O)(=O)C(F)(F)C(F)(F)C(F)(F)S(=O)(=O)O)c1COC. The van der Waals surface area contributed by atoms with Crippen LogP contribution in [-0.4, -0.2) is 71.4 Å². The van der Waals surface area contributed by atoms with Gasteiger partial charge in [0.2, 0.25) is 0 Å². The van der Waals surface area contributed by atoms with E-state index in [4.69, 9.17) is 23.5 Å². The number of hydrogen-bond acceptors (Lipinski definition) is 10. The topological polar surface area (TPSA) is 155 Å². The molecule has 11 nitrogen and oxygen atoms in total. The molecule has 19 heteroatoms. The molecule has 0 aliphatic carbocycles. The average Bonchev–Trinajstić information content (AvgIpc) is 2.74. The van der Waals surface area contributed by atoms with Gasteiger partial charge in [-0.15, -0.1) is 0 Å². The predicted octanol–water partition coefficient (Wildman–Crippen LogP) is 2.40. The number of hydrogen-bond donors (Lipinski definition) is 2. The van der Waals surface area contributed by atoms with Crippen LogP contribution in [0, 0.1) is 0 Å². The van der Waals surface area contributed by atoms with Gasteiger partial charge in [0, 0.05) is 50.7 Å². The van der Waals surface area contributed by atoms with Crippen LogP contribution >= 0.6 is 0 Å². The molecule has 0 spiro atoms. The number of phenols is 1. The average molecular weight is 580 g/mol. The van der Waals surface area contributed by atoms with Gasteiger partial charge in [-0.1, -0.05) is 0 Å². The normalized spacial score (nSPS) is 13.8. The van der Waals surface area contributed by atoms with Crippen LogP contribution in [0.1, 0.15) is 22.3 Å². The fourth-order valence-corrected chi connectivity index (χ4v) is 4.35. The van der Waals surface area contributed by atoms with Crippen LogP contribution in [0.5, 0.6) is 11.5 Å². The minimum Gasteiger partial charge on any atom is -0.507 e. The van der Waals surface area contributed by atoms with Gasteiger partial charge in [0.1, 0.15) is 5.75 Å². The standard InChI is InChI=1S/C17H22F6O11S2/c1-30-5-9-11(7-32-3)14(12(8-33-4)10(6-31-2)13(9)24)34-36(28,29)17(22,23)15(18,19)16(20,21)35(25,26)27/h24H,5-8H2,1-4H3,(H,25,26,27). The number of phenolic OH excluding ortho intramolecular Hbond substituents is 1. The van der Waals surface area contributed by atoms with Crippen molar-refractivity contribution in [2.45, 2.75) is 42.9 Å². The van der Waals surface area contributed by atoms with E-state index in [1.165, 1.54) is 0 Å². The maximum absolute atomic E-state index is 14.4. The number of halogens is 6. The molecule has 2 N–H and O–H groups in total. The number of methoxy groups -OCH3 is 4. The van der Waals surface area contributed by atoms with E-state index in [1.54, 1.807) is 0 Å². The van der Waals surface area contributed by atoms with Crippen molar-refractivity contribution < 1.29 is 76.0 Å². The first-order valence-electron chi connectivity index (χ1n) is 9.19. The molecule has 1 aromatic rings. The van der Waals surface area contributed by atoms with Crippen LogP contribution in [0.4, 0.5) is 26.3 Å².